The van der Waals surface area contributed by atoms with E-state index in [0.717, 1.165) is 24.1 Å². The van der Waals surface area contributed by atoms with Crippen molar-refractivity contribution in [3.05, 3.63) is 22.6 Å². The van der Waals surface area contributed by atoms with Crippen molar-refractivity contribution in [3.8, 4) is 0 Å². The number of anilines is 1. The van der Waals surface area contributed by atoms with E-state index < -0.39 is 0 Å². The van der Waals surface area contributed by atoms with E-state index in [-0.39, 0.29) is 5.56 Å². The molecule has 2 unspecified atom stereocenters. The van der Waals surface area contributed by atoms with Crippen molar-refractivity contribution in [1.82, 2.24) is 9.78 Å². The summed E-state index contributed by atoms with van der Waals surface area (Å²) in [7, 11) is 0. The fourth-order valence-corrected chi connectivity index (χ4v) is 3.77. The molecule has 5 heteroatoms. The summed E-state index contributed by atoms with van der Waals surface area (Å²) in [6, 6.07) is 1.75. The van der Waals surface area contributed by atoms with Gasteiger partial charge >= 0.3 is 0 Å². The first-order valence-electron chi connectivity index (χ1n) is 7.89. The number of hydrogen-bond acceptors (Lipinski definition) is 3. The molecule has 1 saturated heterocycles. The molecule has 1 aliphatic rings. The van der Waals surface area contributed by atoms with Crippen molar-refractivity contribution >= 4 is 21.6 Å². The fraction of sp³-hybridized carbons (Fsp3) is 0.750. The van der Waals surface area contributed by atoms with Gasteiger partial charge in [-0.05, 0) is 30.6 Å². The summed E-state index contributed by atoms with van der Waals surface area (Å²) < 4.78 is 1.60. The lowest BCUT2D eigenvalue weighted by molar-refractivity contribution is 0.348. The average molecular weight is 356 g/mol. The Morgan fingerprint density at radius 1 is 1.48 bits per heavy atom. The zero-order chi connectivity index (χ0) is 15.4. The molecule has 1 aromatic rings. The lowest BCUT2D eigenvalue weighted by Crippen LogP contribution is -2.36. The van der Waals surface area contributed by atoms with Gasteiger partial charge in [0.15, 0.2) is 0 Å². The smallest absolute Gasteiger partial charge is 0.268 e. The van der Waals surface area contributed by atoms with E-state index in [0.29, 0.717) is 24.3 Å². The third-order valence-corrected chi connectivity index (χ3v) is 5.26. The molecule has 0 N–H and O–H groups in total. The third kappa shape index (κ3) is 4.31. The van der Waals surface area contributed by atoms with E-state index in [1.807, 2.05) is 6.20 Å². The second-order valence-corrected chi connectivity index (χ2v) is 7.23. The largest absolute Gasteiger partial charge is 0.370 e. The monoisotopic (exact) mass is 355 g/mol. The summed E-state index contributed by atoms with van der Waals surface area (Å²) in [5, 5.41) is 5.28. The summed E-state index contributed by atoms with van der Waals surface area (Å²) in [5.41, 5.74) is 0.986. The molecule has 4 nitrogen and oxygen atoms in total. The zero-order valence-electron chi connectivity index (χ0n) is 13.3. The van der Waals surface area contributed by atoms with Crippen LogP contribution < -0.4 is 10.5 Å². The van der Waals surface area contributed by atoms with Crippen molar-refractivity contribution in [2.45, 2.75) is 40.2 Å². The summed E-state index contributed by atoms with van der Waals surface area (Å²) in [6.07, 6.45) is 4.33. The van der Waals surface area contributed by atoms with Crippen LogP contribution in [0.1, 0.15) is 33.6 Å². The highest BCUT2D eigenvalue weighted by Gasteiger charge is 2.18. The lowest BCUT2D eigenvalue weighted by atomic mass is 9.98. The quantitative estimate of drug-likeness (QED) is 0.761. The maximum Gasteiger partial charge on any atom is 0.268 e. The molecule has 2 rings (SSSR count). The van der Waals surface area contributed by atoms with Crippen LogP contribution in [0, 0.1) is 17.8 Å². The zero-order valence-corrected chi connectivity index (χ0v) is 14.8. The number of rotatable bonds is 5. The van der Waals surface area contributed by atoms with Crippen LogP contribution in [0.25, 0.3) is 0 Å². The number of alkyl halides is 1. The molecule has 2 atom stereocenters. The number of piperidine rings is 1. The second kappa shape index (κ2) is 7.43. The van der Waals surface area contributed by atoms with Crippen LogP contribution in [0.3, 0.4) is 0 Å². The van der Waals surface area contributed by atoms with E-state index in [9.17, 15) is 4.79 Å². The number of nitrogens with zero attached hydrogens (tertiary/aromatic N) is 3. The van der Waals surface area contributed by atoms with Crippen molar-refractivity contribution in [2.24, 2.45) is 17.8 Å². The number of halogens is 1. The Morgan fingerprint density at radius 3 is 2.81 bits per heavy atom. The molecule has 21 heavy (non-hydrogen) atoms. The normalized spacial score (nSPS) is 20.8. The van der Waals surface area contributed by atoms with Gasteiger partial charge in [0.05, 0.1) is 11.9 Å². The Bertz CT molecular complexity index is 514. The molecule has 0 amide bonds. The van der Waals surface area contributed by atoms with Crippen molar-refractivity contribution in [3.63, 3.8) is 0 Å². The van der Waals surface area contributed by atoms with Crippen LogP contribution in [0.5, 0.6) is 0 Å². The van der Waals surface area contributed by atoms with Crippen LogP contribution in [0.15, 0.2) is 17.1 Å². The highest BCUT2D eigenvalue weighted by molar-refractivity contribution is 9.09. The topological polar surface area (TPSA) is 38.1 Å². The number of aromatic nitrogens is 2. The fourth-order valence-electron chi connectivity index (χ4n) is 2.82. The van der Waals surface area contributed by atoms with E-state index in [1.54, 1.807) is 10.7 Å². The SMILES string of the molecule is CC1CCCN(c2cnn(CC(CBr)C(C)C)c(=O)c2)C1. The van der Waals surface area contributed by atoms with Gasteiger partial charge in [0.2, 0.25) is 0 Å². The highest BCUT2D eigenvalue weighted by Crippen LogP contribution is 2.21. The van der Waals surface area contributed by atoms with E-state index in [1.165, 1.54) is 12.8 Å². The molecule has 0 aromatic carbocycles. The predicted molar refractivity (Wildman–Crippen MR) is 91.2 cm³/mol. The van der Waals surface area contributed by atoms with E-state index in [4.69, 9.17) is 0 Å². The minimum absolute atomic E-state index is 0.0114. The van der Waals surface area contributed by atoms with Gasteiger partial charge in [0.1, 0.15) is 0 Å². The van der Waals surface area contributed by atoms with Gasteiger partial charge in [-0.3, -0.25) is 4.79 Å². The molecular weight excluding hydrogens is 330 g/mol. The molecule has 0 radical (unpaired) electrons. The molecular formula is C16H26BrN3O. The van der Waals surface area contributed by atoms with Crippen LogP contribution >= 0.6 is 15.9 Å². The molecule has 1 aliphatic heterocycles. The Kier molecular flexibility index (Phi) is 5.85. The van der Waals surface area contributed by atoms with Gasteiger partial charge in [-0.15, -0.1) is 0 Å². The minimum Gasteiger partial charge on any atom is -0.370 e. The van der Waals surface area contributed by atoms with Gasteiger partial charge < -0.3 is 4.90 Å². The second-order valence-electron chi connectivity index (χ2n) is 6.59. The average Bonchev–Trinajstić information content (AvgIpc) is 2.45. The van der Waals surface area contributed by atoms with Gasteiger partial charge in [-0.2, -0.15) is 5.10 Å². The predicted octanol–water partition coefficient (Wildman–Crippen LogP) is 3.15. The van der Waals surface area contributed by atoms with Crippen molar-refractivity contribution in [2.75, 3.05) is 23.3 Å². The van der Waals surface area contributed by atoms with Gasteiger partial charge in [0.25, 0.3) is 5.56 Å². The molecule has 1 fully saturated rings. The van der Waals surface area contributed by atoms with Crippen molar-refractivity contribution in [1.29, 1.82) is 0 Å². The molecule has 0 saturated carbocycles. The van der Waals surface area contributed by atoms with E-state index >= 15 is 0 Å². The summed E-state index contributed by atoms with van der Waals surface area (Å²) >= 11 is 3.53. The first-order chi connectivity index (χ1) is 10.0. The number of hydrogen-bond donors (Lipinski definition) is 0. The Labute approximate surface area is 135 Å². The Balaban J connectivity index is 2.12. The van der Waals surface area contributed by atoms with Crippen LogP contribution in [0.4, 0.5) is 5.69 Å². The van der Waals surface area contributed by atoms with Crippen LogP contribution in [-0.2, 0) is 6.54 Å². The lowest BCUT2D eigenvalue weighted by Gasteiger charge is -2.32. The first kappa shape index (κ1) is 16.5. The molecule has 0 bridgehead atoms. The Hall–Kier alpha value is -0.840. The van der Waals surface area contributed by atoms with Crippen LogP contribution in [-0.4, -0.2) is 28.2 Å². The van der Waals surface area contributed by atoms with Gasteiger partial charge in [-0.25, -0.2) is 4.68 Å². The molecule has 1 aromatic heterocycles. The molecule has 118 valence electrons. The molecule has 0 spiro atoms. The van der Waals surface area contributed by atoms with E-state index in [2.05, 4.69) is 46.7 Å². The molecule has 2 heterocycles. The van der Waals surface area contributed by atoms with Crippen LogP contribution in [0.2, 0.25) is 0 Å². The standard InChI is InChI=1S/C16H26BrN3O/c1-12(2)14(8-17)11-20-16(21)7-15(9-18-20)19-6-4-5-13(3)10-19/h7,9,12-14H,4-6,8,10-11H2,1-3H3. The maximum absolute atomic E-state index is 12.3. The van der Waals surface area contributed by atoms with Crippen molar-refractivity contribution < 1.29 is 0 Å². The summed E-state index contributed by atoms with van der Waals surface area (Å²) in [5.74, 6) is 1.65. The first-order valence-corrected chi connectivity index (χ1v) is 9.01. The van der Waals surface area contributed by atoms with Gasteiger partial charge in [0, 0.05) is 31.0 Å². The summed E-state index contributed by atoms with van der Waals surface area (Å²) in [4.78, 5) is 14.6. The third-order valence-electron chi connectivity index (χ3n) is 4.43. The van der Waals surface area contributed by atoms with Gasteiger partial charge in [-0.1, -0.05) is 36.7 Å². The highest BCUT2D eigenvalue weighted by atomic mass is 79.9. The maximum atomic E-state index is 12.3. The Morgan fingerprint density at radius 2 is 2.24 bits per heavy atom. The minimum atomic E-state index is 0.0114. The summed E-state index contributed by atoms with van der Waals surface area (Å²) in [6.45, 7) is 9.37. The molecule has 0 aliphatic carbocycles.